The van der Waals surface area contributed by atoms with E-state index >= 15 is 0 Å². The second kappa shape index (κ2) is 8.37. The Morgan fingerprint density at radius 2 is 1.96 bits per heavy atom. The number of fused-ring (bicyclic) bond motifs is 2. The topological polar surface area (TPSA) is 57.2 Å². The van der Waals surface area contributed by atoms with E-state index in [1.165, 1.54) is 0 Å². The lowest BCUT2D eigenvalue weighted by Crippen LogP contribution is -2.44. The van der Waals surface area contributed by atoms with E-state index in [2.05, 4.69) is 4.90 Å². The van der Waals surface area contributed by atoms with E-state index in [0.717, 1.165) is 51.9 Å². The fraction of sp³-hybridized carbons (Fsp3) is 0.650. The van der Waals surface area contributed by atoms with Crippen molar-refractivity contribution in [2.24, 2.45) is 0 Å². The number of ether oxygens (including phenoxy) is 4. The van der Waals surface area contributed by atoms with Gasteiger partial charge in [-0.15, -0.1) is 0 Å². The Morgan fingerprint density at radius 3 is 2.73 bits per heavy atom. The maximum atomic E-state index is 12.5. The van der Waals surface area contributed by atoms with Gasteiger partial charge in [-0.3, -0.25) is 4.90 Å². The number of nitrogens with zero attached hydrogens (tertiary/aromatic N) is 1. The molecule has 0 aliphatic carbocycles. The zero-order valence-electron chi connectivity index (χ0n) is 15.1. The minimum absolute atomic E-state index is 0.121. The molecule has 3 heterocycles. The van der Waals surface area contributed by atoms with Crippen molar-refractivity contribution < 1.29 is 23.7 Å². The standard InChI is InChI=1S/C20H27NO5/c22-20(24-11-9-21-12-15-7-8-16(13-21)26-15)18-5-1-2-6-19(18)25-14-17-4-3-10-23-17/h1-2,5-6,15-17H,3-4,7-14H2/t15-,16+,17-/m0/s1. The third kappa shape index (κ3) is 4.37. The Bertz CT molecular complexity index is 604. The van der Waals surface area contributed by atoms with Crippen LogP contribution >= 0.6 is 0 Å². The molecule has 3 saturated heterocycles. The predicted octanol–water partition coefficient (Wildman–Crippen LogP) is 2.26. The van der Waals surface area contributed by atoms with Crippen molar-refractivity contribution in [2.45, 2.75) is 44.0 Å². The smallest absolute Gasteiger partial charge is 0.341 e. The van der Waals surface area contributed by atoms with Gasteiger partial charge in [-0.1, -0.05) is 12.1 Å². The largest absolute Gasteiger partial charge is 0.490 e. The molecule has 0 saturated carbocycles. The fourth-order valence-electron chi connectivity index (χ4n) is 3.95. The van der Waals surface area contributed by atoms with Crippen molar-refractivity contribution in [3.63, 3.8) is 0 Å². The first-order valence-corrected chi connectivity index (χ1v) is 9.66. The van der Waals surface area contributed by atoms with Crippen LogP contribution in [0.1, 0.15) is 36.0 Å². The number of esters is 1. The molecule has 3 fully saturated rings. The fourth-order valence-corrected chi connectivity index (χ4v) is 3.95. The molecule has 1 aromatic carbocycles. The third-order valence-electron chi connectivity index (χ3n) is 5.32. The average Bonchev–Trinajstić information content (AvgIpc) is 3.29. The van der Waals surface area contributed by atoms with E-state index in [-0.39, 0.29) is 12.1 Å². The summed E-state index contributed by atoms with van der Waals surface area (Å²) in [5.74, 6) is 0.238. The molecular weight excluding hydrogens is 334 g/mol. The Balaban J connectivity index is 1.26. The average molecular weight is 361 g/mol. The lowest BCUT2D eigenvalue weighted by atomic mass is 10.2. The number of hydrogen-bond donors (Lipinski definition) is 0. The van der Waals surface area contributed by atoms with Gasteiger partial charge in [0.05, 0.1) is 18.3 Å². The summed E-state index contributed by atoms with van der Waals surface area (Å²) < 4.78 is 22.7. The van der Waals surface area contributed by atoms with Crippen molar-refractivity contribution in [1.29, 1.82) is 0 Å². The second-order valence-electron chi connectivity index (χ2n) is 7.30. The van der Waals surface area contributed by atoms with Crippen LogP contribution in [0.2, 0.25) is 0 Å². The van der Waals surface area contributed by atoms with E-state index in [1.807, 2.05) is 18.2 Å². The summed E-state index contributed by atoms with van der Waals surface area (Å²) in [6.07, 6.45) is 5.21. The van der Waals surface area contributed by atoms with Crippen LogP contribution in [0.15, 0.2) is 24.3 Å². The summed E-state index contributed by atoms with van der Waals surface area (Å²) >= 11 is 0. The molecule has 3 atom stereocenters. The molecule has 0 spiro atoms. The van der Waals surface area contributed by atoms with E-state index in [0.29, 0.717) is 36.7 Å². The summed E-state index contributed by atoms with van der Waals surface area (Å²) in [5, 5.41) is 0. The highest BCUT2D eigenvalue weighted by Gasteiger charge is 2.33. The van der Waals surface area contributed by atoms with E-state index < -0.39 is 0 Å². The Morgan fingerprint density at radius 1 is 1.15 bits per heavy atom. The van der Waals surface area contributed by atoms with Crippen molar-refractivity contribution in [2.75, 3.05) is 39.5 Å². The first kappa shape index (κ1) is 17.8. The maximum absolute atomic E-state index is 12.5. The van der Waals surface area contributed by atoms with Crippen molar-refractivity contribution in [3.8, 4) is 5.75 Å². The SMILES string of the molecule is O=C(OCCN1C[C@H]2CC[C@@H](C1)O2)c1ccccc1OC[C@@H]1CCCO1. The molecule has 0 unspecified atom stereocenters. The first-order valence-electron chi connectivity index (χ1n) is 9.66. The summed E-state index contributed by atoms with van der Waals surface area (Å²) in [5.41, 5.74) is 0.479. The molecule has 0 N–H and O–H groups in total. The number of para-hydroxylation sites is 1. The Labute approximate surface area is 154 Å². The highest BCUT2D eigenvalue weighted by atomic mass is 16.5. The molecule has 0 aromatic heterocycles. The molecule has 142 valence electrons. The van der Waals surface area contributed by atoms with E-state index in [1.54, 1.807) is 6.07 Å². The number of rotatable bonds is 7. The molecule has 3 aliphatic heterocycles. The number of carbonyl (C=O) groups is 1. The normalized spacial score (nSPS) is 28.2. The van der Waals surface area contributed by atoms with Gasteiger partial charge in [-0.2, -0.15) is 0 Å². The zero-order chi connectivity index (χ0) is 17.8. The van der Waals surface area contributed by atoms with Crippen LogP contribution in [0.25, 0.3) is 0 Å². The minimum atomic E-state index is -0.329. The van der Waals surface area contributed by atoms with Gasteiger partial charge in [-0.25, -0.2) is 4.79 Å². The van der Waals surface area contributed by atoms with Crippen LogP contribution in [0, 0.1) is 0 Å². The number of likely N-dealkylation sites (tertiary alicyclic amines) is 1. The number of morpholine rings is 1. The maximum Gasteiger partial charge on any atom is 0.341 e. The molecule has 3 aliphatic rings. The van der Waals surface area contributed by atoms with Gasteiger partial charge < -0.3 is 18.9 Å². The van der Waals surface area contributed by atoms with Gasteiger partial charge in [0.15, 0.2) is 0 Å². The quantitative estimate of drug-likeness (QED) is 0.695. The summed E-state index contributed by atoms with van der Waals surface area (Å²) in [6.45, 7) is 4.28. The highest BCUT2D eigenvalue weighted by Crippen LogP contribution is 2.26. The van der Waals surface area contributed by atoms with Crippen LogP contribution in [0.3, 0.4) is 0 Å². The lowest BCUT2D eigenvalue weighted by molar-refractivity contribution is -0.0431. The summed E-state index contributed by atoms with van der Waals surface area (Å²) in [7, 11) is 0. The first-order chi connectivity index (χ1) is 12.8. The third-order valence-corrected chi connectivity index (χ3v) is 5.32. The van der Waals surface area contributed by atoms with Crippen LogP contribution in [0.4, 0.5) is 0 Å². The van der Waals surface area contributed by atoms with Gasteiger partial charge in [0.1, 0.15) is 24.5 Å². The van der Waals surface area contributed by atoms with Gasteiger partial charge in [0.2, 0.25) is 0 Å². The number of hydrogen-bond acceptors (Lipinski definition) is 6. The second-order valence-corrected chi connectivity index (χ2v) is 7.30. The Hall–Kier alpha value is -1.63. The molecule has 1 aromatic rings. The van der Waals surface area contributed by atoms with Crippen LogP contribution < -0.4 is 4.74 Å². The molecule has 26 heavy (non-hydrogen) atoms. The molecule has 0 radical (unpaired) electrons. The zero-order valence-corrected chi connectivity index (χ0v) is 15.1. The highest BCUT2D eigenvalue weighted by molar-refractivity contribution is 5.92. The van der Waals surface area contributed by atoms with Gasteiger partial charge in [0, 0.05) is 26.2 Å². The van der Waals surface area contributed by atoms with Crippen LogP contribution in [-0.2, 0) is 14.2 Å². The summed E-state index contributed by atoms with van der Waals surface area (Å²) in [6, 6.07) is 7.26. The molecule has 6 nitrogen and oxygen atoms in total. The lowest BCUT2D eigenvalue weighted by Gasteiger charge is -2.31. The van der Waals surface area contributed by atoms with Gasteiger partial charge in [-0.05, 0) is 37.8 Å². The molecule has 4 rings (SSSR count). The molecule has 2 bridgehead atoms. The molecular formula is C20H27NO5. The van der Waals surface area contributed by atoms with Crippen molar-refractivity contribution in [1.82, 2.24) is 4.90 Å². The van der Waals surface area contributed by atoms with E-state index in [9.17, 15) is 4.79 Å². The molecule has 0 amide bonds. The van der Waals surface area contributed by atoms with Crippen molar-refractivity contribution in [3.05, 3.63) is 29.8 Å². The Kier molecular flexibility index (Phi) is 5.72. The van der Waals surface area contributed by atoms with E-state index in [4.69, 9.17) is 18.9 Å². The summed E-state index contributed by atoms with van der Waals surface area (Å²) in [4.78, 5) is 14.8. The number of benzene rings is 1. The van der Waals surface area contributed by atoms with Crippen molar-refractivity contribution >= 4 is 5.97 Å². The number of carbonyl (C=O) groups excluding carboxylic acids is 1. The van der Waals surface area contributed by atoms with Crippen LogP contribution in [0.5, 0.6) is 5.75 Å². The van der Waals surface area contributed by atoms with Gasteiger partial charge in [0.25, 0.3) is 0 Å². The predicted molar refractivity (Wildman–Crippen MR) is 95.5 cm³/mol. The minimum Gasteiger partial charge on any atom is -0.490 e. The molecule has 6 heteroatoms. The monoisotopic (exact) mass is 361 g/mol. The van der Waals surface area contributed by atoms with Crippen LogP contribution in [-0.4, -0.2) is 68.6 Å². The van der Waals surface area contributed by atoms with Gasteiger partial charge >= 0.3 is 5.97 Å².